The lowest BCUT2D eigenvalue weighted by Crippen LogP contribution is -2.43. The number of nitrogens with zero attached hydrogens (tertiary/aromatic N) is 1. The molecule has 0 atom stereocenters. The number of amides is 2. The van der Waals surface area contributed by atoms with E-state index >= 15 is 0 Å². The molecule has 0 unspecified atom stereocenters. The van der Waals surface area contributed by atoms with Gasteiger partial charge in [-0.15, -0.1) is 0 Å². The Kier molecular flexibility index (Phi) is 6.14. The van der Waals surface area contributed by atoms with Crippen LogP contribution >= 0.6 is 0 Å². The van der Waals surface area contributed by atoms with E-state index in [0.29, 0.717) is 18.7 Å². The molecule has 0 aliphatic heterocycles. The molecule has 0 saturated heterocycles. The van der Waals surface area contributed by atoms with Crippen LogP contribution in [0, 0.1) is 17.5 Å². The summed E-state index contributed by atoms with van der Waals surface area (Å²) in [6.07, 6.45) is 4.74. The first kappa shape index (κ1) is 22.3. The van der Waals surface area contributed by atoms with Crippen LogP contribution in [0.1, 0.15) is 37.7 Å². The van der Waals surface area contributed by atoms with Gasteiger partial charge >= 0.3 is 6.03 Å². The minimum atomic E-state index is -1.13. The van der Waals surface area contributed by atoms with Crippen LogP contribution in [-0.2, 0) is 6.54 Å². The fourth-order valence-electron chi connectivity index (χ4n) is 5.05. The molecule has 4 aromatic carbocycles. The summed E-state index contributed by atoms with van der Waals surface area (Å²) in [6.45, 7) is 0.298. The maximum absolute atomic E-state index is 14.3. The lowest BCUT2D eigenvalue weighted by molar-refractivity contribution is 0.163. The summed E-state index contributed by atoms with van der Waals surface area (Å²) in [4.78, 5) is 15.1. The Balaban J connectivity index is 1.54. The summed E-state index contributed by atoms with van der Waals surface area (Å²) in [5, 5.41) is 6.70. The van der Waals surface area contributed by atoms with Crippen molar-refractivity contribution < 1.29 is 18.0 Å². The molecule has 34 heavy (non-hydrogen) atoms. The number of anilines is 1. The third kappa shape index (κ3) is 4.32. The lowest BCUT2D eigenvalue weighted by Gasteiger charge is -2.35. The molecule has 3 nitrogen and oxygen atoms in total. The number of nitrogens with one attached hydrogen (secondary N) is 1. The Morgan fingerprint density at radius 1 is 0.824 bits per heavy atom. The fourth-order valence-corrected chi connectivity index (χ4v) is 5.05. The third-order valence-electron chi connectivity index (χ3n) is 6.71. The van der Waals surface area contributed by atoms with Gasteiger partial charge in [-0.2, -0.15) is 0 Å². The zero-order chi connectivity index (χ0) is 23.7. The predicted octanol–water partition coefficient (Wildman–Crippen LogP) is 7.78. The Morgan fingerprint density at radius 3 is 2.15 bits per heavy atom. The quantitative estimate of drug-likeness (QED) is 0.309. The van der Waals surface area contributed by atoms with Crippen molar-refractivity contribution in [1.29, 1.82) is 0 Å². The second-order valence-electron chi connectivity index (χ2n) is 8.90. The van der Waals surface area contributed by atoms with Gasteiger partial charge in [0.25, 0.3) is 0 Å². The molecule has 1 saturated carbocycles. The van der Waals surface area contributed by atoms with E-state index < -0.39 is 29.2 Å². The third-order valence-corrected chi connectivity index (χ3v) is 6.71. The Bertz CT molecular complexity index is 1340. The van der Waals surface area contributed by atoms with Crippen LogP contribution in [0.15, 0.2) is 66.7 Å². The minimum absolute atomic E-state index is 0.0504. The standard InChI is InChI=1S/C28H25F3N2O/c29-20-15-25(30)27(26(31)16-20)32-28(34)33(21-9-2-1-3-10-21)17-19-14-18-8-4-5-11-22(18)24-13-7-6-12-23(19)24/h4-8,11-16,21H,1-3,9-10,17H2,(H,32,34). The topological polar surface area (TPSA) is 32.3 Å². The van der Waals surface area contributed by atoms with Gasteiger partial charge in [0, 0.05) is 24.7 Å². The number of carbonyl (C=O) groups is 1. The van der Waals surface area contributed by atoms with Crippen molar-refractivity contribution in [2.24, 2.45) is 0 Å². The summed E-state index contributed by atoms with van der Waals surface area (Å²) in [5.74, 6) is -3.30. The van der Waals surface area contributed by atoms with Crippen molar-refractivity contribution in [3.8, 4) is 0 Å². The zero-order valence-corrected chi connectivity index (χ0v) is 18.7. The smallest absolute Gasteiger partial charge is 0.317 e. The first-order valence-electron chi connectivity index (χ1n) is 11.6. The number of halogens is 3. The highest BCUT2D eigenvalue weighted by Gasteiger charge is 2.28. The highest BCUT2D eigenvalue weighted by molar-refractivity contribution is 6.09. The van der Waals surface area contributed by atoms with Gasteiger partial charge in [0.05, 0.1) is 0 Å². The SMILES string of the molecule is O=C(Nc1c(F)cc(F)cc1F)N(Cc1cc2ccccc2c2ccccc12)C1CCCCC1. The van der Waals surface area contributed by atoms with Crippen molar-refractivity contribution in [3.05, 3.63) is 89.7 Å². The summed E-state index contributed by atoms with van der Waals surface area (Å²) < 4.78 is 41.9. The Labute approximate surface area is 196 Å². The number of benzene rings is 4. The van der Waals surface area contributed by atoms with E-state index in [9.17, 15) is 18.0 Å². The molecule has 1 N–H and O–H groups in total. The number of rotatable bonds is 4. The van der Waals surface area contributed by atoms with Gasteiger partial charge in [-0.25, -0.2) is 18.0 Å². The van der Waals surface area contributed by atoms with Crippen LogP contribution in [0.2, 0.25) is 0 Å². The van der Waals surface area contributed by atoms with E-state index in [1.165, 1.54) is 0 Å². The van der Waals surface area contributed by atoms with Crippen LogP contribution in [0.4, 0.5) is 23.7 Å². The summed E-state index contributed by atoms with van der Waals surface area (Å²) in [6, 6.07) is 18.7. The molecule has 5 rings (SSSR count). The van der Waals surface area contributed by atoms with E-state index in [-0.39, 0.29) is 6.04 Å². The average Bonchev–Trinajstić information content (AvgIpc) is 2.85. The van der Waals surface area contributed by atoms with E-state index in [2.05, 4.69) is 23.5 Å². The average molecular weight is 463 g/mol. The molecule has 0 spiro atoms. The number of carbonyl (C=O) groups excluding carboxylic acids is 1. The molecule has 0 aromatic heterocycles. The van der Waals surface area contributed by atoms with Gasteiger partial charge in [0.1, 0.15) is 11.5 Å². The monoisotopic (exact) mass is 462 g/mol. The zero-order valence-electron chi connectivity index (χ0n) is 18.7. The van der Waals surface area contributed by atoms with E-state index in [1.807, 2.05) is 36.4 Å². The maximum Gasteiger partial charge on any atom is 0.322 e. The summed E-state index contributed by atoms with van der Waals surface area (Å²) in [7, 11) is 0. The van der Waals surface area contributed by atoms with Crippen LogP contribution in [-0.4, -0.2) is 17.0 Å². The lowest BCUT2D eigenvalue weighted by atomic mass is 9.93. The maximum atomic E-state index is 14.3. The van der Waals surface area contributed by atoms with Crippen LogP contribution in [0.3, 0.4) is 0 Å². The van der Waals surface area contributed by atoms with Gasteiger partial charge < -0.3 is 10.2 Å². The van der Waals surface area contributed by atoms with Gasteiger partial charge in [-0.3, -0.25) is 0 Å². The summed E-state index contributed by atoms with van der Waals surface area (Å²) >= 11 is 0. The normalized spacial score (nSPS) is 14.4. The number of hydrogen-bond acceptors (Lipinski definition) is 1. The molecule has 0 heterocycles. The molecule has 1 aliphatic carbocycles. The van der Waals surface area contributed by atoms with Crippen LogP contribution in [0.5, 0.6) is 0 Å². The number of fused-ring (bicyclic) bond motifs is 3. The van der Waals surface area contributed by atoms with Crippen LogP contribution < -0.4 is 5.32 Å². The predicted molar refractivity (Wildman–Crippen MR) is 129 cm³/mol. The number of hydrogen-bond donors (Lipinski definition) is 1. The van der Waals surface area contributed by atoms with Gasteiger partial charge in [0.15, 0.2) is 11.6 Å². The van der Waals surface area contributed by atoms with E-state index in [4.69, 9.17) is 0 Å². The number of urea groups is 1. The Morgan fingerprint density at radius 2 is 1.44 bits per heavy atom. The van der Waals surface area contributed by atoms with Crippen LogP contribution in [0.25, 0.3) is 21.5 Å². The van der Waals surface area contributed by atoms with E-state index in [0.717, 1.165) is 59.2 Å². The van der Waals surface area contributed by atoms with Crippen molar-refractivity contribution in [1.82, 2.24) is 4.90 Å². The highest BCUT2D eigenvalue weighted by atomic mass is 19.1. The molecule has 6 heteroatoms. The minimum Gasteiger partial charge on any atom is -0.317 e. The second-order valence-corrected chi connectivity index (χ2v) is 8.90. The molecular weight excluding hydrogens is 437 g/mol. The molecule has 1 aliphatic rings. The van der Waals surface area contributed by atoms with Gasteiger partial charge in [-0.1, -0.05) is 67.8 Å². The van der Waals surface area contributed by atoms with E-state index in [1.54, 1.807) is 4.90 Å². The largest absolute Gasteiger partial charge is 0.322 e. The second kappa shape index (κ2) is 9.37. The first-order chi connectivity index (χ1) is 16.5. The summed E-state index contributed by atoms with van der Waals surface area (Å²) in [5.41, 5.74) is 0.339. The van der Waals surface area contributed by atoms with Gasteiger partial charge in [0.2, 0.25) is 0 Å². The molecule has 2 amide bonds. The highest BCUT2D eigenvalue weighted by Crippen LogP contribution is 2.32. The molecule has 1 fully saturated rings. The van der Waals surface area contributed by atoms with Gasteiger partial charge in [-0.05, 0) is 46.0 Å². The molecular formula is C28H25F3N2O. The van der Waals surface area contributed by atoms with Crippen molar-refractivity contribution in [2.75, 3.05) is 5.32 Å². The molecule has 0 bridgehead atoms. The first-order valence-corrected chi connectivity index (χ1v) is 11.6. The Hall–Kier alpha value is -3.54. The molecule has 0 radical (unpaired) electrons. The van der Waals surface area contributed by atoms with Crippen molar-refractivity contribution in [2.45, 2.75) is 44.7 Å². The van der Waals surface area contributed by atoms with Crippen molar-refractivity contribution >= 4 is 33.3 Å². The fraction of sp³-hybridized carbons (Fsp3) is 0.250. The van der Waals surface area contributed by atoms with Crippen molar-refractivity contribution in [3.63, 3.8) is 0 Å². The molecule has 4 aromatic rings. The molecule has 174 valence electrons.